The fourth-order valence-corrected chi connectivity index (χ4v) is 3.20. The monoisotopic (exact) mass is 433 g/mol. The van der Waals surface area contributed by atoms with Crippen LogP contribution >= 0.6 is 0 Å². The minimum atomic E-state index is -0.310. The smallest absolute Gasteiger partial charge is 0.253 e. The number of aldehydes is 1. The standard InChI is InChI=1S/C23H27N7O2/c1-14(2)21(13-31)30-18-4-16(9-26-11-18)20-12-28-22-19(20)5-17(10-27-22)23(32)29-8-15(6-24)7-25-3/h4-7,9-14,21,24-25,30H,8H2,1-3H3,(H,27,28)(H,29,32)/b15-7+,24-6?/t21-/m0/s1. The van der Waals surface area contributed by atoms with E-state index in [0.29, 0.717) is 16.8 Å². The summed E-state index contributed by atoms with van der Waals surface area (Å²) in [5, 5.41) is 17.0. The second-order valence-corrected chi connectivity index (χ2v) is 7.67. The van der Waals surface area contributed by atoms with Gasteiger partial charge in [0.15, 0.2) is 0 Å². The van der Waals surface area contributed by atoms with Crippen molar-refractivity contribution in [3.63, 3.8) is 0 Å². The maximum atomic E-state index is 12.6. The number of pyridine rings is 2. The fourth-order valence-electron chi connectivity index (χ4n) is 3.20. The Labute approximate surface area is 186 Å². The number of hydrogen-bond acceptors (Lipinski definition) is 7. The molecule has 0 aliphatic carbocycles. The SMILES string of the molecule is CN/C=C(\C=N)CNC(=O)c1cnc2[nH]cc(-c3cncc(N[C@@H](C=O)C(C)C)c3)c2c1. The molecule has 0 saturated heterocycles. The van der Waals surface area contributed by atoms with Gasteiger partial charge in [-0.1, -0.05) is 13.8 Å². The minimum absolute atomic E-state index is 0.144. The predicted octanol–water partition coefficient (Wildman–Crippen LogP) is 2.74. The van der Waals surface area contributed by atoms with Crippen molar-refractivity contribution in [2.24, 2.45) is 5.92 Å². The van der Waals surface area contributed by atoms with E-state index in [2.05, 4.69) is 30.9 Å². The normalized spacial score (nSPS) is 12.4. The van der Waals surface area contributed by atoms with E-state index in [1.807, 2.05) is 26.1 Å². The number of hydrogen-bond donors (Lipinski definition) is 5. The van der Waals surface area contributed by atoms with Crippen LogP contribution in [0.5, 0.6) is 0 Å². The summed E-state index contributed by atoms with van der Waals surface area (Å²) in [6.45, 7) is 4.17. The highest BCUT2D eigenvalue weighted by Gasteiger charge is 2.15. The molecule has 0 radical (unpaired) electrons. The van der Waals surface area contributed by atoms with Gasteiger partial charge in [0, 0.05) is 72.9 Å². The Bertz CT molecular complexity index is 1150. The van der Waals surface area contributed by atoms with Crippen molar-refractivity contribution in [2.75, 3.05) is 18.9 Å². The molecule has 3 aromatic heterocycles. The second kappa shape index (κ2) is 10.3. The van der Waals surface area contributed by atoms with Crippen LogP contribution in [0.4, 0.5) is 5.69 Å². The summed E-state index contributed by atoms with van der Waals surface area (Å²) in [4.78, 5) is 35.7. The van der Waals surface area contributed by atoms with Gasteiger partial charge < -0.3 is 31.1 Å². The number of H-pyrrole nitrogens is 1. The van der Waals surface area contributed by atoms with Crippen LogP contribution in [0.1, 0.15) is 24.2 Å². The van der Waals surface area contributed by atoms with Crippen LogP contribution < -0.4 is 16.0 Å². The van der Waals surface area contributed by atoms with Crippen molar-refractivity contribution in [3.05, 3.63) is 54.3 Å². The molecule has 3 rings (SSSR count). The van der Waals surface area contributed by atoms with Gasteiger partial charge in [-0.25, -0.2) is 4.98 Å². The van der Waals surface area contributed by atoms with Crippen LogP contribution in [-0.4, -0.2) is 53.0 Å². The average molecular weight is 434 g/mol. The molecular formula is C23H27N7O2. The van der Waals surface area contributed by atoms with E-state index in [0.717, 1.165) is 28.5 Å². The van der Waals surface area contributed by atoms with Crippen molar-refractivity contribution >= 4 is 35.1 Å². The molecule has 1 amide bonds. The van der Waals surface area contributed by atoms with Gasteiger partial charge in [-0.3, -0.25) is 9.78 Å². The molecule has 3 aromatic rings. The lowest BCUT2D eigenvalue weighted by molar-refractivity contribution is -0.109. The number of nitrogens with zero attached hydrogens (tertiary/aromatic N) is 2. The molecule has 166 valence electrons. The Morgan fingerprint density at radius 1 is 1.25 bits per heavy atom. The number of aromatic amines is 1. The van der Waals surface area contributed by atoms with Gasteiger partial charge in [0.1, 0.15) is 11.9 Å². The first kappa shape index (κ1) is 22.7. The minimum Gasteiger partial charge on any atom is -0.394 e. The third-order valence-electron chi connectivity index (χ3n) is 5.01. The molecule has 9 nitrogen and oxygen atoms in total. The lowest BCUT2D eigenvalue weighted by Crippen LogP contribution is -2.27. The highest BCUT2D eigenvalue weighted by Crippen LogP contribution is 2.29. The molecule has 0 saturated carbocycles. The number of carbonyl (C=O) groups excluding carboxylic acids is 2. The lowest BCUT2D eigenvalue weighted by atomic mass is 10.0. The van der Waals surface area contributed by atoms with Crippen LogP contribution in [0.25, 0.3) is 22.2 Å². The summed E-state index contributed by atoms with van der Waals surface area (Å²) in [7, 11) is 1.73. The number of nitrogens with one attached hydrogen (secondary N) is 5. The summed E-state index contributed by atoms with van der Waals surface area (Å²) < 4.78 is 0. The van der Waals surface area contributed by atoms with Crippen molar-refractivity contribution in [1.82, 2.24) is 25.6 Å². The van der Waals surface area contributed by atoms with E-state index in [9.17, 15) is 9.59 Å². The van der Waals surface area contributed by atoms with E-state index < -0.39 is 0 Å². The van der Waals surface area contributed by atoms with Gasteiger partial charge in [-0.15, -0.1) is 0 Å². The van der Waals surface area contributed by atoms with Crippen molar-refractivity contribution in [1.29, 1.82) is 5.41 Å². The van der Waals surface area contributed by atoms with Crippen LogP contribution in [0.15, 0.2) is 48.7 Å². The molecular weight excluding hydrogens is 406 g/mol. The Morgan fingerprint density at radius 3 is 2.75 bits per heavy atom. The Morgan fingerprint density at radius 2 is 2.06 bits per heavy atom. The van der Waals surface area contributed by atoms with Gasteiger partial charge in [0.25, 0.3) is 5.91 Å². The maximum Gasteiger partial charge on any atom is 0.253 e. The largest absolute Gasteiger partial charge is 0.394 e. The summed E-state index contributed by atoms with van der Waals surface area (Å²) >= 11 is 0. The van der Waals surface area contributed by atoms with Crippen molar-refractivity contribution in [3.8, 4) is 11.1 Å². The lowest BCUT2D eigenvalue weighted by Gasteiger charge is -2.17. The summed E-state index contributed by atoms with van der Waals surface area (Å²) in [5.74, 6) is -0.139. The molecule has 0 aromatic carbocycles. The molecule has 0 aliphatic heterocycles. The third-order valence-corrected chi connectivity index (χ3v) is 5.01. The van der Waals surface area contributed by atoms with Crippen molar-refractivity contribution < 1.29 is 9.59 Å². The molecule has 32 heavy (non-hydrogen) atoms. The molecule has 1 atom stereocenters. The summed E-state index contributed by atoms with van der Waals surface area (Å²) in [6, 6.07) is 3.38. The Balaban J connectivity index is 1.87. The summed E-state index contributed by atoms with van der Waals surface area (Å²) in [5.41, 5.74) is 4.12. The first-order chi connectivity index (χ1) is 15.5. The molecule has 3 heterocycles. The predicted molar refractivity (Wildman–Crippen MR) is 126 cm³/mol. The van der Waals surface area contributed by atoms with E-state index in [4.69, 9.17) is 5.41 Å². The van der Waals surface area contributed by atoms with Crippen LogP contribution in [-0.2, 0) is 4.79 Å². The number of anilines is 1. The van der Waals surface area contributed by atoms with Crippen LogP contribution in [0.2, 0.25) is 0 Å². The number of aromatic nitrogens is 3. The highest BCUT2D eigenvalue weighted by atomic mass is 16.1. The third kappa shape index (κ3) is 5.18. The van der Waals surface area contributed by atoms with E-state index in [1.165, 1.54) is 12.4 Å². The fraction of sp³-hybridized carbons (Fsp3) is 0.261. The van der Waals surface area contributed by atoms with Crippen molar-refractivity contribution in [2.45, 2.75) is 19.9 Å². The second-order valence-electron chi connectivity index (χ2n) is 7.67. The van der Waals surface area contributed by atoms with E-state index in [-0.39, 0.29) is 24.4 Å². The molecule has 0 unspecified atom stereocenters. The average Bonchev–Trinajstić information content (AvgIpc) is 3.23. The van der Waals surface area contributed by atoms with E-state index in [1.54, 1.807) is 31.7 Å². The van der Waals surface area contributed by atoms with Gasteiger partial charge >= 0.3 is 0 Å². The van der Waals surface area contributed by atoms with Crippen LogP contribution in [0.3, 0.4) is 0 Å². The first-order valence-corrected chi connectivity index (χ1v) is 10.3. The quantitative estimate of drug-likeness (QED) is 0.246. The van der Waals surface area contributed by atoms with Gasteiger partial charge in [-0.05, 0) is 18.1 Å². The number of carbonyl (C=O) groups is 2. The molecule has 0 spiro atoms. The Hall–Kier alpha value is -4.01. The molecule has 9 heteroatoms. The number of rotatable bonds is 10. The zero-order valence-electron chi connectivity index (χ0n) is 18.3. The first-order valence-electron chi connectivity index (χ1n) is 10.3. The van der Waals surface area contributed by atoms with Gasteiger partial charge in [0.05, 0.1) is 17.3 Å². The number of fused-ring (bicyclic) bond motifs is 1. The zero-order valence-corrected chi connectivity index (χ0v) is 18.3. The summed E-state index contributed by atoms with van der Waals surface area (Å²) in [6.07, 6.45) is 10.5. The highest BCUT2D eigenvalue weighted by molar-refractivity contribution is 6.01. The maximum absolute atomic E-state index is 12.6. The van der Waals surface area contributed by atoms with Gasteiger partial charge in [0.2, 0.25) is 0 Å². The molecule has 5 N–H and O–H groups in total. The topological polar surface area (TPSA) is 136 Å². The van der Waals surface area contributed by atoms with Gasteiger partial charge in [-0.2, -0.15) is 0 Å². The zero-order chi connectivity index (χ0) is 23.1. The Kier molecular flexibility index (Phi) is 7.33. The van der Waals surface area contributed by atoms with Crippen LogP contribution in [0, 0.1) is 11.3 Å². The van der Waals surface area contributed by atoms with E-state index >= 15 is 0 Å². The molecule has 0 bridgehead atoms. The molecule has 0 fully saturated rings. The number of amides is 1. The molecule has 0 aliphatic rings.